The Kier molecular flexibility index (Phi) is 3.37. The minimum Gasteiger partial charge on any atom is -0.100 e. The Hall–Kier alpha value is -0.260. The average Bonchev–Trinajstić information content (AvgIpc) is 1.97. The first kappa shape index (κ1) is 9.83. The molecule has 0 radical (unpaired) electrons. The van der Waals surface area contributed by atoms with Crippen molar-refractivity contribution in [1.29, 1.82) is 0 Å². The van der Waals surface area contributed by atoms with Crippen molar-refractivity contribution in [2.24, 2.45) is 17.8 Å². The van der Waals surface area contributed by atoms with E-state index in [4.69, 9.17) is 0 Å². The largest absolute Gasteiger partial charge is 0.100 e. The number of hydrogen-bond donors (Lipinski definition) is 0. The van der Waals surface area contributed by atoms with Gasteiger partial charge in [0.1, 0.15) is 0 Å². The summed E-state index contributed by atoms with van der Waals surface area (Å²) < 4.78 is 0. The molecule has 0 aromatic heterocycles. The molecule has 2 unspecified atom stereocenters. The van der Waals surface area contributed by atoms with Gasteiger partial charge in [-0.3, -0.25) is 0 Å². The van der Waals surface area contributed by atoms with E-state index in [0.717, 1.165) is 17.8 Å². The molecule has 1 rings (SSSR count). The molecule has 0 heteroatoms. The third-order valence-corrected chi connectivity index (χ3v) is 3.36. The maximum absolute atomic E-state index is 4.02. The third-order valence-electron chi connectivity index (χ3n) is 3.36. The Labute approximate surface area is 77.1 Å². The monoisotopic (exact) mass is 166 g/mol. The van der Waals surface area contributed by atoms with Gasteiger partial charge in [0.05, 0.1) is 0 Å². The van der Waals surface area contributed by atoms with E-state index >= 15 is 0 Å². The van der Waals surface area contributed by atoms with Crippen molar-refractivity contribution in [3.05, 3.63) is 12.2 Å². The molecule has 0 N–H and O–H groups in total. The van der Waals surface area contributed by atoms with Gasteiger partial charge in [0.25, 0.3) is 0 Å². The van der Waals surface area contributed by atoms with Crippen molar-refractivity contribution in [2.45, 2.75) is 46.5 Å². The molecule has 0 aliphatic heterocycles. The minimum absolute atomic E-state index is 0.913. The summed E-state index contributed by atoms with van der Waals surface area (Å²) in [6.07, 6.45) is 5.56. The van der Waals surface area contributed by atoms with Crippen LogP contribution in [0.15, 0.2) is 12.2 Å². The van der Waals surface area contributed by atoms with Crippen molar-refractivity contribution in [3.63, 3.8) is 0 Å². The summed E-state index contributed by atoms with van der Waals surface area (Å²) >= 11 is 0. The standard InChI is InChI=1S/C12H22/c1-9(2)8-12-10(3)6-5-7-11(12)4/h10-12H,1,5-8H2,2-4H3. The van der Waals surface area contributed by atoms with E-state index < -0.39 is 0 Å². The summed E-state index contributed by atoms with van der Waals surface area (Å²) in [5, 5.41) is 0. The predicted octanol–water partition coefficient (Wildman–Crippen LogP) is 4.02. The lowest BCUT2D eigenvalue weighted by molar-refractivity contribution is 0.178. The van der Waals surface area contributed by atoms with Crippen LogP contribution in [0.5, 0.6) is 0 Å². The highest BCUT2D eigenvalue weighted by atomic mass is 14.3. The predicted molar refractivity (Wildman–Crippen MR) is 55.1 cm³/mol. The lowest BCUT2D eigenvalue weighted by Crippen LogP contribution is -2.24. The van der Waals surface area contributed by atoms with E-state index in [1.807, 2.05) is 0 Å². The van der Waals surface area contributed by atoms with Crippen LogP contribution < -0.4 is 0 Å². The van der Waals surface area contributed by atoms with Crippen LogP contribution >= 0.6 is 0 Å². The topological polar surface area (TPSA) is 0 Å². The summed E-state index contributed by atoms with van der Waals surface area (Å²) in [7, 11) is 0. The van der Waals surface area contributed by atoms with Gasteiger partial charge >= 0.3 is 0 Å². The van der Waals surface area contributed by atoms with E-state index in [0.29, 0.717) is 0 Å². The smallest absolute Gasteiger partial charge is 0.0292 e. The molecule has 0 amide bonds. The van der Waals surface area contributed by atoms with Crippen LogP contribution in [0.25, 0.3) is 0 Å². The molecule has 1 aliphatic rings. The van der Waals surface area contributed by atoms with E-state index in [2.05, 4.69) is 27.4 Å². The maximum atomic E-state index is 4.02. The highest BCUT2D eigenvalue weighted by Crippen LogP contribution is 2.37. The molecule has 70 valence electrons. The highest BCUT2D eigenvalue weighted by molar-refractivity contribution is 4.93. The van der Waals surface area contributed by atoms with Gasteiger partial charge in [0.2, 0.25) is 0 Å². The fraction of sp³-hybridized carbons (Fsp3) is 0.833. The molecule has 1 saturated carbocycles. The van der Waals surface area contributed by atoms with Gasteiger partial charge in [0.15, 0.2) is 0 Å². The number of rotatable bonds is 2. The van der Waals surface area contributed by atoms with Crippen molar-refractivity contribution in [2.75, 3.05) is 0 Å². The van der Waals surface area contributed by atoms with Gasteiger partial charge in [-0.05, 0) is 31.1 Å². The Balaban J connectivity index is 2.50. The van der Waals surface area contributed by atoms with Crippen LogP contribution in [-0.2, 0) is 0 Å². The lowest BCUT2D eigenvalue weighted by Gasteiger charge is -2.34. The molecule has 0 bridgehead atoms. The van der Waals surface area contributed by atoms with E-state index in [1.165, 1.54) is 31.3 Å². The van der Waals surface area contributed by atoms with Crippen molar-refractivity contribution in [3.8, 4) is 0 Å². The molecule has 12 heavy (non-hydrogen) atoms. The van der Waals surface area contributed by atoms with Crippen LogP contribution in [0.4, 0.5) is 0 Å². The molecular formula is C12H22. The molecule has 0 heterocycles. The zero-order valence-corrected chi connectivity index (χ0v) is 8.77. The molecule has 1 fully saturated rings. The van der Waals surface area contributed by atoms with Crippen LogP contribution in [0, 0.1) is 17.8 Å². The quantitative estimate of drug-likeness (QED) is 0.543. The first-order chi connectivity index (χ1) is 5.61. The summed E-state index contributed by atoms with van der Waals surface area (Å²) in [4.78, 5) is 0. The Morgan fingerprint density at radius 2 is 1.75 bits per heavy atom. The van der Waals surface area contributed by atoms with Crippen LogP contribution in [-0.4, -0.2) is 0 Å². The Bertz CT molecular complexity index is 147. The summed E-state index contributed by atoms with van der Waals surface area (Å²) in [6.45, 7) is 11.0. The highest BCUT2D eigenvalue weighted by Gasteiger charge is 2.26. The summed E-state index contributed by atoms with van der Waals surface area (Å²) in [5.41, 5.74) is 1.36. The Morgan fingerprint density at radius 3 is 2.17 bits per heavy atom. The minimum atomic E-state index is 0.913. The van der Waals surface area contributed by atoms with E-state index in [9.17, 15) is 0 Å². The van der Waals surface area contributed by atoms with E-state index in [1.54, 1.807) is 0 Å². The van der Waals surface area contributed by atoms with Crippen molar-refractivity contribution < 1.29 is 0 Å². The molecule has 0 spiro atoms. The summed E-state index contributed by atoms with van der Waals surface area (Å²) in [6, 6.07) is 0. The summed E-state index contributed by atoms with van der Waals surface area (Å²) in [5.74, 6) is 2.76. The van der Waals surface area contributed by atoms with Gasteiger partial charge in [-0.2, -0.15) is 0 Å². The molecular weight excluding hydrogens is 144 g/mol. The molecule has 1 aliphatic carbocycles. The second-order valence-corrected chi connectivity index (χ2v) is 4.71. The Morgan fingerprint density at radius 1 is 1.25 bits per heavy atom. The number of hydrogen-bond acceptors (Lipinski definition) is 0. The maximum Gasteiger partial charge on any atom is -0.0292 e. The molecule has 2 atom stereocenters. The SMILES string of the molecule is C=C(C)CC1C(C)CCCC1C. The molecule has 0 aromatic carbocycles. The number of allylic oxidation sites excluding steroid dienone is 1. The van der Waals surface area contributed by atoms with Gasteiger partial charge in [-0.1, -0.05) is 38.7 Å². The zero-order chi connectivity index (χ0) is 9.14. The first-order valence-electron chi connectivity index (χ1n) is 5.25. The molecule has 0 nitrogen and oxygen atoms in total. The average molecular weight is 166 g/mol. The first-order valence-corrected chi connectivity index (χ1v) is 5.25. The van der Waals surface area contributed by atoms with Gasteiger partial charge in [-0.25, -0.2) is 0 Å². The van der Waals surface area contributed by atoms with Crippen molar-refractivity contribution >= 4 is 0 Å². The fourth-order valence-electron chi connectivity index (χ4n) is 2.56. The molecule has 0 aromatic rings. The van der Waals surface area contributed by atoms with E-state index in [-0.39, 0.29) is 0 Å². The second-order valence-electron chi connectivity index (χ2n) is 4.71. The third kappa shape index (κ3) is 2.36. The van der Waals surface area contributed by atoms with Gasteiger partial charge < -0.3 is 0 Å². The normalized spacial score (nSPS) is 36.4. The molecule has 0 saturated heterocycles. The second kappa shape index (κ2) is 4.11. The van der Waals surface area contributed by atoms with Crippen LogP contribution in [0.1, 0.15) is 46.5 Å². The van der Waals surface area contributed by atoms with Gasteiger partial charge in [0, 0.05) is 0 Å². The lowest BCUT2D eigenvalue weighted by atomic mass is 9.71. The van der Waals surface area contributed by atoms with Crippen molar-refractivity contribution in [1.82, 2.24) is 0 Å². The van der Waals surface area contributed by atoms with Crippen LogP contribution in [0.3, 0.4) is 0 Å². The zero-order valence-electron chi connectivity index (χ0n) is 8.77. The fourth-order valence-corrected chi connectivity index (χ4v) is 2.56. The van der Waals surface area contributed by atoms with Crippen LogP contribution in [0.2, 0.25) is 0 Å². The van der Waals surface area contributed by atoms with Gasteiger partial charge in [-0.15, -0.1) is 6.58 Å².